The Hall–Kier alpha value is -1.88. The van der Waals surface area contributed by atoms with E-state index in [4.69, 9.17) is 15.3 Å². The molecule has 1 saturated carbocycles. The van der Waals surface area contributed by atoms with Gasteiger partial charge in [0.25, 0.3) is 0 Å². The fourth-order valence-corrected chi connectivity index (χ4v) is 1.87. The summed E-state index contributed by atoms with van der Waals surface area (Å²) in [5.41, 5.74) is 7.28. The van der Waals surface area contributed by atoms with E-state index in [1.807, 2.05) is 6.07 Å². The third kappa shape index (κ3) is 1.68. The maximum Gasteiger partial charge on any atom is 0.325 e. The molecule has 88 valence electrons. The van der Waals surface area contributed by atoms with Gasteiger partial charge in [0.1, 0.15) is 11.6 Å². The summed E-state index contributed by atoms with van der Waals surface area (Å²) in [4.78, 5) is 15.3. The molecule has 1 atom stereocenters. The summed E-state index contributed by atoms with van der Waals surface area (Å²) in [6.45, 7) is 0. The van der Waals surface area contributed by atoms with Gasteiger partial charge in [0.15, 0.2) is 11.5 Å². The fraction of sp³-hybridized carbons (Fsp3) is 0.333. The highest BCUT2D eigenvalue weighted by molar-refractivity contribution is 5.84. The second-order valence-electron chi connectivity index (χ2n) is 4.34. The van der Waals surface area contributed by atoms with Gasteiger partial charge in [-0.3, -0.25) is 4.79 Å². The van der Waals surface area contributed by atoms with E-state index in [-0.39, 0.29) is 0 Å². The largest absolute Gasteiger partial charge is 0.480 e. The highest BCUT2D eigenvalue weighted by Crippen LogP contribution is 2.41. The van der Waals surface area contributed by atoms with Gasteiger partial charge < -0.3 is 15.3 Å². The number of rotatable bonds is 3. The maximum absolute atomic E-state index is 10.9. The number of carbonyl (C=O) groups is 1. The Morgan fingerprint density at radius 2 is 2.29 bits per heavy atom. The molecule has 1 fully saturated rings. The van der Waals surface area contributed by atoms with Crippen molar-refractivity contribution in [3.8, 4) is 0 Å². The normalized spacial score (nSPS) is 17.2. The van der Waals surface area contributed by atoms with Crippen LogP contribution in [0.5, 0.6) is 0 Å². The van der Waals surface area contributed by atoms with E-state index in [9.17, 15) is 4.79 Å². The lowest BCUT2D eigenvalue weighted by Gasteiger charge is -2.05. The summed E-state index contributed by atoms with van der Waals surface area (Å²) in [7, 11) is 0. The first-order valence-corrected chi connectivity index (χ1v) is 5.54. The number of para-hydroxylation sites is 1. The van der Waals surface area contributed by atoms with Crippen LogP contribution in [0.15, 0.2) is 22.6 Å². The zero-order chi connectivity index (χ0) is 12.0. The molecular formula is C12H12N2O3. The van der Waals surface area contributed by atoms with Crippen molar-refractivity contribution in [1.29, 1.82) is 0 Å². The molecule has 0 aliphatic heterocycles. The number of nitrogens with zero attached hydrogens (tertiary/aromatic N) is 1. The number of oxazole rings is 1. The van der Waals surface area contributed by atoms with Crippen molar-refractivity contribution in [2.24, 2.45) is 5.73 Å². The Morgan fingerprint density at radius 1 is 1.53 bits per heavy atom. The summed E-state index contributed by atoms with van der Waals surface area (Å²) >= 11 is 0. The van der Waals surface area contributed by atoms with E-state index in [1.165, 1.54) is 0 Å². The molecule has 0 spiro atoms. The van der Waals surface area contributed by atoms with Crippen LogP contribution < -0.4 is 5.73 Å². The third-order valence-corrected chi connectivity index (χ3v) is 2.99. The second kappa shape index (κ2) is 3.56. The Bertz CT molecular complexity index is 586. The Kier molecular flexibility index (Phi) is 2.16. The molecule has 3 N–H and O–H groups in total. The van der Waals surface area contributed by atoms with Crippen LogP contribution in [-0.2, 0) is 4.79 Å². The Balaban J connectivity index is 2.14. The molecule has 1 aromatic heterocycles. The van der Waals surface area contributed by atoms with Gasteiger partial charge in [-0.1, -0.05) is 12.1 Å². The van der Waals surface area contributed by atoms with E-state index in [0.29, 0.717) is 28.5 Å². The summed E-state index contributed by atoms with van der Waals surface area (Å²) in [5, 5.41) is 8.94. The second-order valence-corrected chi connectivity index (χ2v) is 4.34. The van der Waals surface area contributed by atoms with Crippen molar-refractivity contribution >= 4 is 17.1 Å². The summed E-state index contributed by atoms with van der Waals surface area (Å²) in [5.74, 6) is 0.0308. The highest BCUT2D eigenvalue weighted by atomic mass is 16.4. The first-order chi connectivity index (χ1) is 8.16. The number of aliphatic carboxylic acids is 1. The van der Waals surface area contributed by atoms with E-state index in [2.05, 4.69) is 4.98 Å². The molecular weight excluding hydrogens is 220 g/mol. The predicted molar refractivity (Wildman–Crippen MR) is 60.5 cm³/mol. The monoisotopic (exact) mass is 232 g/mol. The average molecular weight is 232 g/mol. The lowest BCUT2D eigenvalue weighted by molar-refractivity contribution is -0.138. The van der Waals surface area contributed by atoms with E-state index in [1.54, 1.807) is 12.1 Å². The van der Waals surface area contributed by atoms with Crippen molar-refractivity contribution in [2.45, 2.75) is 24.8 Å². The molecule has 1 unspecified atom stereocenters. The van der Waals surface area contributed by atoms with E-state index < -0.39 is 12.0 Å². The standard InChI is InChI=1S/C12H12N2O3/c13-9(12(15)16)7-2-1-3-8-10(7)17-11(14-8)6-4-5-6/h1-3,6,9H,4-5,13H2,(H,15,16). The summed E-state index contributed by atoms with van der Waals surface area (Å²) in [6.07, 6.45) is 2.18. The van der Waals surface area contributed by atoms with Crippen molar-refractivity contribution < 1.29 is 14.3 Å². The van der Waals surface area contributed by atoms with Crippen molar-refractivity contribution in [3.05, 3.63) is 29.7 Å². The minimum atomic E-state index is -1.07. The summed E-state index contributed by atoms with van der Waals surface area (Å²) < 4.78 is 5.64. The quantitative estimate of drug-likeness (QED) is 0.842. The predicted octanol–water partition coefficient (Wildman–Crippen LogP) is 1.79. The number of fused-ring (bicyclic) bond motifs is 1. The topological polar surface area (TPSA) is 89.4 Å². The van der Waals surface area contributed by atoms with Crippen molar-refractivity contribution in [1.82, 2.24) is 4.98 Å². The molecule has 17 heavy (non-hydrogen) atoms. The van der Waals surface area contributed by atoms with Gasteiger partial charge in [0, 0.05) is 11.5 Å². The Morgan fingerprint density at radius 3 is 2.94 bits per heavy atom. The lowest BCUT2D eigenvalue weighted by atomic mass is 10.1. The molecule has 0 radical (unpaired) electrons. The van der Waals surface area contributed by atoms with Gasteiger partial charge in [0.2, 0.25) is 0 Å². The number of hydrogen-bond acceptors (Lipinski definition) is 4. The number of carboxylic acid groups (broad SMARTS) is 1. The molecule has 0 bridgehead atoms. The molecule has 1 heterocycles. The van der Waals surface area contributed by atoms with E-state index in [0.717, 1.165) is 12.8 Å². The molecule has 5 heteroatoms. The van der Waals surface area contributed by atoms with Crippen LogP contribution in [0.3, 0.4) is 0 Å². The van der Waals surface area contributed by atoms with Gasteiger partial charge in [-0.05, 0) is 18.9 Å². The summed E-state index contributed by atoms with van der Waals surface area (Å²) in [6, 6.07) is 4.16. The van der Waals surface area contributed by atoms with Crippen LogP contribution >= 0.6 is 0 Å². The van der Waals surface area contributed by atoms with Gasteiger partial charge in [-0.2, -0.15) is 0 Å². The van der Waals surface area contributed by atoms with E-state index >= 15 is 0 Å². The minimum Gasteiger partial charge on any atom is -0.480 e. The zero-order valence-corrected chi connectivity index (χ0v) is 9.09. The molecule has 5 nitrogen and oxygen atoms in total. The molecule has 2 aromatic rings. The number of carboxylic acids is 1. The van der Waals surface area contributed by atoms with Crippen LogP contribution in [0, 0.1) is 0 Å². The lowest BCUT2D eigenvalue weighted by Crippen LogP contribution is -2.20. The smallest absolute Gasteiger partial charge is 0.325 e. The number of nitrogens with two attached hydrogens (primary N) is 1. The SMILES string of the molecule is NC(C(=O)O)c1cccc2nc(C3CC3)oc12. The third-order valence-electron chi connectivity index (χ3n) is 2.99. The molecule has 0 amide bonds. The molecule has 1 aromatic carbocycles. The van der Waals surface area contributed by atoms with Gasteiger partial charge in [-0.15, -0.1) is 0 Å². The molecule has 0 saturated heterocycles. The van der Waals surface area contributed by atoms with Crippen LogP contribution in [0.1, 0.15) is 36.3 Å². The van der Waals surface area contributed by atoms with Crippen LogP contribution in [0.4, 0.5) is 0 Å². The first-order valence-electron chi connectivity index (χ1n) is 5.54. The fourth-order valence-electron chi connectivity index (χ4n) is 1.87. The zero-order valence-electron chi connectivity index (χ0n) is 9.09. The van der Waals surface area contributed by atoms with Crippen LogP contribution in [0.2, 0.25) is 0 Å². The van der Waals surface area contributed by atoms with Crippen LogP contribution in [0.25, 0.3) is 11.1 Å². The first kappa shape index (κ1) is 10.3. The molecule has 1 aliphatic rings. The number of hydrogen-bond donors (Lipinski definition) is 2. The number of aromatic nitrogens is 1. The Labute approximate surface area is 97.2 Å². The van der Waals surface area contributed by atoms with Gasteiger partial charge >= 0.3 is 5.97 Å². The minimum absolute atomic E-state index is 0.399. The van der Waals surface area contributed by atoms with Crippen molar-refractivity contribution in [3.63, 3.8) is 0 Å². The average Bonchev–Trinajstić information content (AvgIpc) is 3.07. The molecule has 1 aliphatic carbocycles. The maximum atomic E-state index is 10.9. The van der Waals surface area contributed by atoms with Crippen LogP contribution in [-0.4, -0.2) is 16.1 Å². The van der Waals surface area contributed by atoms with Gasteiger partial charge in [-0.25, -0.2) is 4.98 Å². The van der Waals surface area contributed by atoms with Crippen molar-refractivity contribution in [2.75, 3.05) is 0 Å². The molecule has 3 rings (SSSR count). The number of benzene rings is 1. The highest BCUT2D eigenvalue weighted by Gasteiger charge is 2.30. The van der Waals surface area contributed by atoms with Gasteiger partial charge in [0.05, 0.1) is 0 Å².